The first-order chi connectivity index (χ1) is 9.96. The summed E-state index contributed by atoms with van der Waals surface area (Å²) in [6.07, 6.45) is 1.73. The van der Waals surface area contributed by atoms with Gasteiger partial charge in [0.05, 0.1) is 11.5 Å². The van der Waals surface area contributed by atoms with Crippen LogP contribution in [0.1, 0.15) is 36.2 Å². The number of hydrogen-bond donors (Lipinski definition) is 1. The monoisotopic (exact) mass is 323 g/mol. The summed E-state index contributed by atoms with van der Waals surface area (Å²) in [7, 11) is -2.85. The average molecular weight is 323 g/mol. The second-order valence-corrected chi connectivity index (χ2v) is 9.24. The zero-order valence-electron chi connectivity index (χ0n) is 12.4. The number of nitrogens with one attached hydrogen (secondary N) is 1. The van der Waals surface area contributed by atoms with E-state index in [1.807, 2.05) is 11.3 Å². The number of aryl methyl sites for hydroxylation is 1. The minimum atomic E-state index is -2.85. The van der Waals surface area contributed by atoms with Crippen LogP contribution in [0.5, 0.6) is 0 Å². The summed E-state index contributed by atoms with van der Waals surface area (Å²) in [5.41, 5.74) is 1.31. The molecule has 1 fully saturated rings. The molecule has 3 nitrogen and oxygen atoms in total. The highest BCUT2D eigenvalue weighted by molar-refractivity contribution is 7.91. The van der Waals surface area contributed by atoms with Crippen molar-refractivity contribution in [2.24, 2.45) is 0 Å². The van der Waals surface area contributed by atoms with Gasteiger partial charge in [0.1, 0.15) is 0 Å². The van der Waals surface area contributed by atoms with E-state index in [9.17, 15) is 8.42 Å². The molecule has 1 aromatic carbocycles. The summed E-state index contributed by atoms with van der Waals surface area (Å²) < 4.78 is 24.8. The van der Waals surface area contributed by atoms with E-state index in [1.165, 1.54) is 20.5 Å². The summed E-state index contributed by atoms with van der Waals surface area (Å²) >= 11 is 1.81. The minimum absolute atomic E-state index is 0.0864. The molecule has 114 valence electrons. The van der Waals surface area contributed by atoms with Crippen molar-refractivity contribution in [2.45, 2.75) is 38.8 Å². The van der Waals surface area contributed by atoms with Crippen molar-refractivity contribution in [1.82, 2.24) is 5.32 Å². The maximum Gasteiger partial charge on any atom is 0.151 e. The van der Waals surface area contributed by atoms with E-state index < -0.39 is 9.84 Å². The molecule has 0 radical (unpaired) electrons. The average Bonchev–Trinajstić information content (AvgIpc) is 2.76. The Morgan fingerprint density at radius 1 is 1.33 bits per heavy atom. The van der Waals surface area contributed by atoms with Gasteiger partial charge >= 0.3 is 0 Å². The molecule has 0 amide bonds. The van der Waals surface area contributed by atoms with Crippen LogP contribution in [0.15, 0.2) is 24.3 Å². The first-order valence-corrected chi connectivity index (χ1v) is 10.0. The topological polar surface area (TPSA) is 46.2 Å². The lowest BCUT2D eigenvalue weighted by molar-refractivity contribution is 0.440. The maximum absolute atomic E-state index is 11.7. The van der Waals surface area contributed by atoms with Crippen molar-refractivity contribution >= 4 is 31.3 Å². The molecular weight excluding hydrogens is 302 g/mol. The number of rotatable bonds is 3. The molecule has 0 bridgehead atoms. The maximum atomic E-state index is 11.7. The lowest BCUT2D eigenvalue weighted by atomic mass is 10.1. The molecular formula is C16H21NO2S2. The molecule has 0 aliphatic carbocycles. The highest BCUT2D eigenvalue weighted by Crippen LogP contribution is 2.34. The Hall–Kier alpha value is -0.910. The lowest BCUT2D eigenvalue weighted by Gasteiger charge is -2.26. The largest absolute Gasteiger partial charge is 0.306 e. The first-order valence-electron chi connectivity index (χ1n) is 7.41. The lowest BCUT2D eigenvalue weighted by Crippen LogP contribution is -2.41. The highest BCUT2D eigenvalue weighted by Gasteiger charge is 2.26. The Morgan fingerprint density at radius 2 is 2.10 bits per heavy atom. The Morgan fingerprint density at radius 3 is 2.81 bits per heavy atom. The van der Waals surface area contributed by atoms with Gasteiger partial charge in [-0.2, -0.15) is 0 Å². The molecule has 2 atom stereocenters. The molecule has 1 aromatic heterocycles. The Labute approximate surface area is 130 Å². The number of fused-ring (bicyclic) bond motifs is 1. The van der Waals surface area contributed by atoms with Crippen molar-refractivity contribution in [3.05, 3.63) is 34.7 Å². The summed E-state index contributed by atoms with van der Waals surface area (Å²) in [6.45, 7) is 4.29. The van der Waals surface area contributed by atoms with Crippen LogP contribution in [0, 0.1) is 6.92 Å². The highest BCUT2D eigenvalue weighted by atomic mass is 32.2. The molecule has 1 aliphatic rings. The van der Waals surface area contributed by atoms with Crippen LogP contribution in [0.2, 0.25) is 0 Å². The Bertz CT molecular complexity index is 749. The van der Waals surface area contributed by atoms with E-state index in [1.54, 1.807) is 0 Å². The van der Waals surface area contributed by atoms with Gasteiger partial charge in [0.15, 0.2) is 9.84 Å². The van der Waals surface area contributed by atoms with Crippen molar-refractivity contribution in [1.29, 1.82) is 0 Å². The summed E-state index contributed by atoms with van der Waals surface area (Å²) in [5.74, 6) is 0.628. The van der Waals surface area contributed by atoms with Gasteiger partial charge in [-0.15, -0.1) is 11.3 Å². The van der Waals surface area contributed by atoms with Gasteiger partial charge < -0.3 is 5.32 Å². The van der Waals surface area contributed by atoms with E-state index in [2.05, 4.69) is 43.4 Å². The number of thiophene rings is 1. The fourth-order valence-corrected chi connectivity index (χ4v) is 6.06. The third kappa shape index (κ3) is 3.15. The van der Waals surface area contributed by atoms with Gasteiger partial charge in [-0.3, -0.25) is 0 Å². The van der Waals surface area contributed by atoms with Crippen LogP contribution in [-0.2, 0) is 9.84 Å². The quantitative estimate of drug-likeness (QED) is 0.941. The van der Waals surface area contributed by atoms with Crippen LogP contribution in [0.25, 0.3) is 10.1 Å². The van der Waals surface area contributed by atoms with Crippen LogP contribution in [0.4, 0.5) is 0 Å². The predicted octanol–water partition coefficient (Wildman–Crippen LogP) is 3.44. The van der Waals surface area contributed by atoms with Crippen molar-refractivity contribution in [2.75, 3.05) is 11.5 Å². The predicted molar refractivity (Wildman–Crippen MR) is 89.8 cm³/mol. The van der Waals surface area contributed by atoms with Gasteiger partial charge in [0.2, 0.25) is 0 Å². The van der Waals surface area contributed by atoms with E-state index in [4.69, 9.17) is 0 Å². The molecule has 21 heavy (non-hydrogen) atoms. The number of benzene rings is 1. The van der Waals surface area contributed by atoms with Crippen molar-refractivity contribution in [3.8, 4) is 0 Å². The third-order valence-corrected chi connectivity index (χ3v) is 7.50. The van der Waals surface area contributed by atoms with Gasteiger partial charge in [-0.25, -0.2) is 8.42 Å². The molecule has 1 saturated heterocycles. The molecule has 5 heteroatoms. The fourth-order valence-electron chi connectivity index (χ4n) is 3.19. The molecule has 1 aliphatic heterocycles. The Balaban J connectivity index is 1.81. The van der Waals surface area contributed by atoms with E-state index in [0.29, 0.717) is 5.75 Å². The van der Waals surface area contributed by atoms with Gasteiger partial charge in [-0.05, 0) is 43.7 Å². The van der Waals surface area contributed by atoms with Crippen molar-refractivity contribution < 1.29 is 8.42 Å². The van der Waals surface area contributed by atoms with E-state index >= 15 is 0 Å². The molecule has 0 spiro atoms. The fraction of sp³-hybridized carbons (Fsp3) is 0.500. The summed E-state index contributed by atoms with van der Waals surface area (Å²) in [6, 6.07) is 8.71. The molecule has 2 heterocycles. The summed E-state index contributed by atoms with van der Waals surface area (Å²) in [4.78, 5) is 1.32. The standard InChI is InChI=1S/C16H21NO2S2/c1-11-14-7-3-4-8-15(14)20-16(11)12(2)17-13-6-5-9-21(18,19)10-13/h3-4,7-8,12-13,17H,5-6,9-10H2,1-2H3. The van der Waals surface area contributed by atoms with Crippen molar-refractivity contribution in [3.63, 3.8) is 0 Å². The van der Waals surface area contributed by atoms with Gasteiger partial charge in [0, 0.05) is 21.7 Å². The summed E-state index contributed by atoms with van der Waals surface area (Å²) in [5, 5.41) is 4.83. The van der Waals surface area contributed by atoms with Crippen LogP contribution in [-0.4, -0.2) is 26.0 Å². The number of hydrogen-bond acceptors (Lipinski definition) is 4. The van der Waals surface area contributed by atoms with Crippen LogP contribution in [0.3, 0.4) is 0 Å². The molecule has 2 aromatic rings. The molecule has 1 N–H and O–H groups in total. The third-order valence-electron chi connectivity index (χ3n) is 4.22. The number of sulfone groups is 1. The van der Waals surface area contributed by atoms with Gasteiger partial charge in [0.25, 0.3) is 0 Å². The first kappa shape index (κ1) is 15.0. The van der Waals surface area contributed by atoms with Crippen LogP contribution >= 0.6 is 11.3 Å². The molecule has 3 rings (SSSR count). The second-order valence-electron chi connectivity index (χ2n) is 5.93. The SMILES string of the molecule is Cc1c(C(C)NC2CCCS(=O)(=O)C2)sc2ccccc12. The normalized spacial score (nSPS) is 23.2. The zero-order chi connectivity index (χ0) is 15.0. The van der Waals surface area contributed by atoms with E-state index in [0.717, 1.165) is 12.8 Å². The minimum Gasteiger partial charge on any atom is -0.306 e. The van der Waals surface area contributed by atoms with Gasteiger partial charge in [-0.1, -0.05) is 18.2 Å². The molecule has 0 saturated carbocycles. The molecule has 2 unspecified atom stereocenters. The second kappa shape index (κ2) is 5.71. The Kier molecular flexibility index (Phi) is 4.08. The van der Waals surface area contributed by atoms with E-state index in [-0.39, 0.29) is 17.8 Å². The zero-order valence-corrected chi connectivity index (χ0v) is 14.1. The van der Waals surface area contributed by atoms with Crippen LogP contribution < -0.4 is 5.32 Å². The smallest absolute Gasteiger partial charge is 0.151 e.